The summed E-state index contributed by atoms with van der Waals surface area (Å²) in [6.07, 6.45) is 0.469. The number of hydrogen-bond donors (Lipinski definition) is 2. The SMILES string of the molecule is CCC1(O)CN(S(=O)(=O)c2cc(Br)c(C)c(C(=O)O)c2)C1. The van der Waals surface area contributed by atoms with Crippen molar-refractivity contribution in [3.63, 3.8) is 0 Å². The van der Waals surface area contributed by atoms with E-state index in [0.29, 0.717) is 16.5 Å². The molecular weight excluding hydrogens is 362 g/mol. The Morgan fingerprint density at radius 3 is 2.48 bits per heavy atom. The number of nitrogens with zero attached hydrogens (tertiary/aromatic N) is 1. The maximum atomic E-state index is 12.5. The van der Waals surface area contributed by atoms with Crippen LogP contribution in [0.4, 0.5) is 0 Å². The summed E-state index contributed by atoms with van der Waals surface area (Å²) in [5.74, 6) is -1.18. The van der Waals surface area contributed by atoms with Crippen molar-refractivity contribution in [2.75, 3.05) is 13.1 Å². The van der Waals surface area contributed by atoms with Crippen molar-refractivity contribution in [2.45, 2.75) is 30.8 Å². The standard InChI is InChI=1S/C13H16BrNO5S/c1-3-13(18)6-15(7-13)21(19,20)9-4-10(12(16)17)8(2)11(14)5-9/h4-5,18H,3,6-7H2,1-2H3,(H,16,17). The summed E-state index contributed by atoms with van der Waals surface area (Å²) >= 11 is 3.19. The first kappa shape index (κ1) is 16.4. The third-order valence-electron chi connectivity index (χ3n) is 3.79. The molecule has 6 nitrogen and oxygen atoms in total. The zero-order valence-corrected chi connectivity index (χ0v) is 14.0. The van der Waals surface area contributed by atoms with E-state index in [0.717, 1.165) is 10.4 Å². The summed E-state index contributed by atoms with van der Waals surface area (Å²) in [5, 5.41) is 19.1. The molecule has 1 aliphatic heterocycles. The van der Waals surface area contributed by atoms with Crippen molar-refractivity contribution in [1.29, 1.82) is 0 Å². The second-order valence-electron chi connectivity index (χ2n) is 5.23. The van der Waals surface area contributed by atoms with Crippen molar-refractivity contribution in [2.24, 2.45) is 0 Å². The first-order valence-corrected chi connectivity index (χ1v) is 8.60. The summed E-state index contributed by atoms with van der Waals surface area (Å²) in [6.45, 7) is 3.44. The minimum Gasteiger partial charge on any atom is -0.478 e. The van der Waals surface area contributed by atoms with Gasteiger partial charge < -0.3 is 10.2 Å². The number of aromatic carboxylic acids is 1. The van der Waals surface area contributed by atoms with E-state index in [4.69, 9.17) is 5.11 Å². The van der Waals surface area contributed by atoms with E-state index in [9.17, 15) is 18.3 Å². The van der Waals surface area contributed by atoms with Crippen LogP contribution < -0.4 is 0 Å². The predicted octanol–water partition coefficient (Wildman–Crippen LogP) is 1.60. The van der Waals surface area contributed by atoms with Gasteiger partial charge in [-0.05, 0) is 31.0 Å². The fourth-order valence-corrected chi connectivity index (χ4v) is 4.44. The van der Waals surface area contributed by atoms with E-state index in [1.165, 1.54) is 6.07 Å². The largest absolute Gasteiger partial charge is 0.478 e. The lowest BCUT2D eigenvalue weighted by Crippen LogP contribution is -2.62. The van der Waals surface area contributed by atoms with Crippen LogP contribution >= 0.6 is 15.9 Å². The average Bonchev–Trinajstić information content (AvgIpc) is 2.37. The molecule has 0 spiro atoms. The molecule has 1 aromatic rings. The molecule has 1 aromatic carbocycles. The van der Waals surface area contributed by atoms with Crippen LogP contribution in [-0.4, -0.2) is 47.6 Å². The Balaban J connectivity index is 2.41. The van der Waals surface area contributed by atoms with Crippen molar-refractivity contribution in [1.82, 2.24) is 4.31 Å². The van der Waals surface area contributed by atoms with Gasteiger partial charge in [0.2, 0.25) is 10.0 Å². The summed E-state index contributed by atoms with van der Waals surface area (Å²) in [4.78, 5) is 11.1. The molecule has 2 N–H and O–H groups in total. The molecule has 0 bridgehead atoms. The highest BCUT2D eigenvalue weighted by Gasteiger charge is 2.46. The van der Waals surface area contributed by atoms with Gasteiger partial charge in [-0.1, -0.05) is 22.9 Å². The highest BCUT2D eigenvalue weighted by Crippen LogP contribution is 2.32. The zero-order chi connectivity index (χ0) is 16.0. The van der Waals surface area contributed by atoms with Crippen molar-refractivity contribution >= 4 is 31.9 Å². The van der Waals surface area contributed by atoms with Gasteiger partial charge in [0.05, 0.1) is 16.1 Å². The van der Waals surface area contributed by atoms with Gasteiger partial charge in [0.1, 0.15) is 0 Å². The molecule has 8 heteroatoms. The number of β-amino-alcohol motifs (C(OH)–C–C–N with tert-alkyl or cyclic N) is 1. The van der Waals surface area contributed by atoms with Crippen LogP contribution in [0.1, 0.15) is 29.3 Å². The highest BCUT2D eigenvalue weighted by atomic mass is 79.9. The molecule has 0 aromatic heterocycles. The van der Waals surface area contributed by atoms with Crippen LogP contribution in [0.2, 0.25) is 0 Å². The molecule has 116 valence electrons. The lowest BCUT2D eigenvalue weighted by atomic mass is 9.94. The smallest absolute Gasteiger partial charge is 0.336 e. The number of carbonyl (C=O) groups is 1. The Kier molecular flexibility index (Phi) is 4.18. The minimum absolute atomic E-state index is 0.0275. The van der Waals surface area contributed by atoms with Gasteiger partial charge in [0.25, 0.3) is 0 Å². The number of hydrogen-bond acceptors (Lipinski definition) is 4. The average molecular weight is 378 g/mol. The molecule has 1 saturated heterocycles. The molecule has 0 radical (unpaired) electrons. The molecule has 2 rings (SSSR count). The second kappa shape index (κ2) is 5.35. The third kappa shape index (κ3) is 2.85. The summed E-state index contributed by atoms with van der Waals surface area (Å²) in [6, 6.07) is 2.54. The number of rotatable bonds is 4. The molecule has 21 heavy (non-hydrogen) atoms. The number of halogens is 1. The Labute approximate surface area is 131 Å². The third-order valence-corrected chi connectivity index (χ3v) is 6.38. The van der Waals surface area contributed by atoms with Crippen LogP contribution in [-0.2, 0) is 10.0 Å². The molecular formula is C13H16BrNO5S. The fraction of sp³-hybridized carbons (Fsp3) is 0.462. The normalized spacial score (nSPS) is 18.3. The van der Waals surface area contributed by atoms with Gasteiger partial charge >= 0.3 is 5.97 Å². The predicted molar refractivity (Wildman–Crippen MR) is 79.8 cm³/mol. The van der Waals surface area contributed by atoms with E-state index < -0.39 is 21.6 Å². The summed E-state index contributed by atoms with van der Waals surface area (Å²) < 4.78 is 26.5. The quantitative estimate of drug-likeness (QED) is 0.830. The number of aliphatic hydroxyl groups is 1. The maximum Gasteiger partial charge on any atom is 0.336 e. The Morgan fingerprint density at radius 1 is 1.43 bits per heavy atom. The van der Waals surface area contributed by atoms with Gasteiger partial charge in [-0.3, -0.25) is 0 Å². The summed E-state index contributed by atoms with van der Waals surface area (Å²) in [5.41, 5.74) is -0.575. The van der Waals surface area contributed by atoms with E-state index in [1.54, 1.807) is 13.8 Å². The lowest BCUT2D eigenvalue weighted by Gasteiger charge is -2.44. The van der Waals surface area contributed by atoms with Crippen molar-refractivity contribution in [3.8, 4) is 0 Å². The molecule has 0 aliphatic carbocycles. The molecule has 0 atom stereocenters. The summed E-state index contributed by atoms with van der Waals surface area (Å²) in [7, 11) is -3.80. The Bertz CT molecular complexity index is 695. The number of carboxylic acid groups (broad SMARTS) is 1. The topological polar surface area (TPSA) is 94.9 Å². The van der Waals surface area contributed by atoms with Crippen LogP contribution in [0.15, 0.2) is 21.5 Å². The van der Waals surface area contributed by atoms with Gasteiger partial charge in [0, 0.05) is 17.6 Å². The number of benzene rings is 1. The van der Waals surface area contributed by atoms with E-state index in [1.807, 2.05) is 0 Å². The van der Waals surface area contributed by atoms with Crippen molar-refractivity contribution < 1.29 is 23.4 Å². The van der Waals surface area contributed by atoms with Crippen LogP contribution in [0.5, 0.6) is 0 Å². The van der Waals surface area contributed by atoms with Gasteiger partial charge in [-0.25, -0.2) is 13.2 Å². The van der Waals surface area contributed by atoms with Gasteiger partial charge in [-0.15, -0.1) is 0 Å². The first-order chi connectivity index (χ1) is 9.60. The monoisotopic (exact) mass is 377 g/mol. The van der Waals surface area contributed by atoms with E-state index in [-0.39, 0.29) is 23.5 Å². The van der Waals surface area contributed by atoms with Gasteiger partial charge in [0.15, 0.2) is 0 Å². The fourth-order valence-electron chi connectivity index (χ4n) is 2.18. The van der Waals surface area contributed by atoms with Crippen LogP contribution in [0.25, 0.3) is 0 Å². The van der Waals surface area contributed by atoms with E-state index in [2.05, 4.69) is 15.9 Å². The molecule has 1 heterocycles. The Hall–Kier alpha value is -0.960. The Morgan fingerprint density at radius 2 is 2.00 bits per heavy atom. The zero-order valence-electron chi connectivity index (χ0n) is 11.6. The maximum absolute atomic E-state index is 12.5. The highest BCUT2D eigenvalue weighted by molar-refractivity contribution is 9.10. The number of carboxylic acids is 1. The molecule has 0 amide bonds. The minimum atomic E-state index is -3.80. The molecule has 1 fully saturated rings. The molecule has 0 unspecified atom stereocenters. The number of sulfonamides is 1. The lowest BCUT2D eigenvalue weighted by molar-refractivity contribution is -0.0613. The second-order valence-corrected chi connectivity index (χ2v) is 8.03. The van der Waals surface area contributed by atoms with Crippen LogP contribution in [0.3, 0.4) is 0 Å². The molecule has 0 saturated carbocycles. The van der Waals surface area contributed by atoms with Crippen molar-refractivity contribution in [3.05, 3.63) is 27.7 Å². The van der Waals surface area contributed by atoms with Gasteiger partial charge in [-0.2, -0.15) is 4.31 Å². The molecule has 1 aliphatic rings. The first-order valence-electron chi connectivity index (χ1n) is 6.37. The van der Waals surface area contributed by atoms with Crippen LogP contribution in [0, 0.1) is 6.92 Å². The van der Waals surface area contributed by atoms with E-state index >= 15 is 0 Å².